The van der Waals surface area contributed by atoms with E-state index in [1.165, 1.54) is 12.6 Å². The molecule has 0 aliphatic carbocycles. The van der Waals surface area contributed by atoms with Gasteiger partial charge in [0.25, 0.3) is 0 Å². The summed E-state index contributed by atoms with van der Waals surface area (Å²) in [5.74, 6) is 0. The molecule has 3 heteroatoms. The van der Waals surface area contributed by atoms with Crippen LogP contribution in [0.15, 0.2) is 17.5 Å². The van der Waals surface area contributed by atoms with Crippen LogP contribution in [0.2, 0.25) is 0 Å². The Kier molecular flexibility index (Phi) is 5.27. The minimum Gasteiger partial charge on any atom is -0.376 e. The third-order valence-corrected chi connectivity index (χ3v) is 0.440. The summed E-state index contributed by atoms with van der Waals surface area (Å²) in [7, 11) is 1.75. The van der Waals surface area contributed by atoms with E-state index in [9.17, 15) is 0 Å². The summed E-state index contributed by atoms with van der Waals surface area (Å²) < 4.78 is 0. The van der Waals surface area contributed by atoms with Crippen molar-refractivity contribution in [3.63, 3.8) is 0 Å². The Bertz CT molecular complexity index is 88.4. The van der Waals surface area contributed by atoms with Crippen LogP contribution in [0.4, 0.5) is 0 Å². The SMILES string of the molecule is C/C=C\O/N=C\NC. The molecule has 0 amide bonds. The van der Waals surface area contributed by atoms with Gasteiger partial charge in [-0.2, -0.15) is 0 Å². The summed E-state index contributed by atoms with van der Waals surface area (Å²) in [6.45, 7) is 1.86. The summed E-state index contributed by atoms with van der Waals surface area (Å²) in [5, 5.41) is 6.13. The molecule has 0 saturated heterocycles. The van der Waals surface area contributed by atoms with Gasteiger partial charge in [0.05, 0.1) is 0 Å². The van der Waals surface area contributed by atoms with Gasteiger partial charge in [-0.25, -0.2) is 0 Å². The second-order valence-electron chi connectivity index (χ2n) is 1.10. The summed E-state index contributed by atoms with van der Waals surface area (Å²) in [5.41, 5.74) is 0. The van der Waals surface area contributed by atoms with Gasteiger partial charge in [0.15, 0.2) is 0 Å². The lowest BCUT2D eigenvalue weighted by Crippen LogP contribution is -1.99. The highest BCUT2D eigenvalue weighted by atomic mass is 16.6. The minimum absolute atomic E-state index is 1.46. The molecule has 0 heterocycles. The van der Waals surface area contributed by atoms with Gasteiger partial charge in [-0.1, -0.05) is 5.16 Å². The molecule has 0 aliphatic heterocycles. The van der Waals surface area contributed by atoms with E-state index in [0.717, 1.165) is 0 Å². The molecule has 0 aromatic rings. The van der Waals surface area contributed by atoms with E-state index in [0.29, 0.717) is 0 Å². The lowest BCUT2D eigenvalue weighted by Gasteiger charge is -1.84. The first kappa shape index (κ1) is 7.01. The van der Waals surface area contributed by atoms with E-state index >= 15 is 0 Å². The molecule has 0 spiro atoms. The van der Waals surface area contributed by atoms with Gasteiger partial charge in [0.2, 0.25) is 0 Å². The van der Waals surface area contributed by atoms with Crippen molar-refractivity contribution in [3.8, 4) is 0 Å². The topological polar surface area (TPSA) is 33.6 Å². The first-order valence-electron chi connectivity index (χ1n) is 2.38. The molecule has 0 saturated carbocycles. The lowest BCUT2D eigenvalue weighted by atomic mass is 10.7. The van der Waals surface area contributed by atoms with Gasteiger partial charge in [0.1, 0.15) is 12.6 Å². The van der Waals surface area contributed by atoms with Crippen molar-refractivity contribution in [1.29, 1.82) is 0 Å². The molecule has 3 nitrogen and oxygen atoms in total. The molecule has 46 valence electrons. The summed E-state index contributed by atoms with van der Waals surface area (Å²) >= 11 is 0. The molecule has 0 aliphatic rings. The normalized spacial score (nSPS) is 10.8. The Morgan fingerprint density at radius 2 is 2.38 bits per heavy atom. The van der Waals surface area contributed by atoms with E-state index < -0.39 is 0 Å². The predicted octanol–water partition coefficient (Wildman–Crippen LogP) is 0.699. The fraction of sp³-hybridized carbons (Fsp3) is 0.400. The van der Waals surface area contributed by atoms with Gasteiger partial charge in [-0.3, -0.25) is 0 Å². The molecule has 0 rings (SSSR count). The van der Waals surface area contributed by atoms with Crippen molar-refractivity contribution < 1.29 is 4.84 Å². The van der Waals surface area contributed by atoms with Crippen molar-refractivity contribution in [3.05, 3.63) is 12.3 Å². The Labute approximate surface area is 49.0 Å². The van der Waals surface area contributed by atoms with E-state index in [4.69, 9.17) is 0 Å². The van der Waals surface area contributed by atoms with Crippen molar-refractivity contribution in [2.24, 2.45) is 5.16 Å². The monoisotopic (exact) mass is 114 g/mol. The minimum atomic E-state index is 1.46. The highest BCUT2D eigenvalue weighted by Crippen LogP contribution is 1.73. The standard InChI is InChI=1S/C5H10N2O/c1-3-4-8-7-5-6-2/h3-5H,1-2H3,(H,6,7)/b4-3-. The van der Waals surface area contributed by atoms with E-state index in [1.807, 2.05) is 6.92 Å². The Hall–Kier alpha value is -0.990. The molecule has 0 bridgehead atoms. The summed E-state index contributed by atoms with van der Waals surface area (Å²) in [6.07, 6.45) is 4.71. The van der Waals surface area contributed by atoms with Crippen LogP contribution in [0.1, 0.15) is 6.92 Å². The zero-order valence-corrected chi connectivity index (χ0v) is 5.09. The number of rotatable bonds is 3. The van der Waals surface area contributed by atoms with Crippen LogP contribution in [0.5, 0.6) is 0 Å². The molecular formula is C5H10N2O. The van der Waals surface area contributed by atoms with Crippen LogP contribution in [0, 0.1) is 0 Å². The molecule has 8 heavy (non-hydrogen) atoms. The van der Waals surface area contributed by atoms with E-state index in [2.05, 4.69) is 15.3 Å². The van der Waals surface area contributed by atoms with Crippen LogP contribution < -0.4 is 5.32 Å². The van der Waals surface area contributed by atoms with E-state index in [-0.39, 0.29) is 0 Å². The molecule has 0 aromatic heterocycles. The second-order valence-corrected chi connectivity index (χ2v) is 1.10. The Morgan fingerprint density at radius 1 is 1.62 bits per heavy atom. The predicted molar refractivity (Wildman–Crippen MR) is 33.5 cm³/mol. The highest BCUT2D eigenvalue weighted by Gasteiger charge is 1.61. The molecule has 0 atom stereocenters. The van der Waals surface area contributed by atoms with Crippen molar-refractivity contribution in [2.45, 2.75) is 6.92 Å². The number of nitrogens with one attached hydrogen (secondary N) is 1. The number of nitrogens with zero attached hydrogens (tertiary/aromatic N) is 1. The van der Waals surface area contributed by atoms with Crippen LogP contribution in [0.25, 0.3) is 0 Å². The number of hydrogen-bond acceptors (Lipinski definition) is 2. The molecule has 1 N–H and O–H groups in total. The Balaban J connectivity index is 3.03. The van der Waals surface area contributed by atoms with Gasteiger partial charge in [-0.15, -0.1) is 0 Å². The third-order valence-electron chi connectivity index (χ3n) is 0.440. The smallest absolute Gasteiger partial charge is 0.128 e. The fourth-order valence-electron chi connectivity index (χ4n) is 0.179. The number of oxime groups is 1. The second kappa shape index (κ2) is 6.01. The van der Waals surface area contributed by atoms with Gasteiger partial charge in [-0.05, 0) is 13.0 Å². The summed E-state index contributed by atoms with van der Waals surface area (Å²) in [6, 6.07) is 0. The van der Waals surface area contributed by atoms with Gasteiger partial charge >= 0.3 is 0 Å². The van der Waals surface area contributed by atoms with Crippen LogP contribution in [0.3, 0.4) is 0 Å². The maximum absolute atomic E-state index is 4.55. The third kappa shape index (κ3) is 5.01. The van der Waals surface area contributed by atoms with Crippen LogP contribution >= 0.6 is 0 Å². The molecular weight excluding hydrogens is 104 g/mol. The number of allylic oxidation sites excluding steroid dienone is 1. The molecule has 0 radical (unpaired) electrons. The Morgan fingerprint density at radius 3 is 2.88 bits per heavy atom. The van der Waals surface area contributed by atoms with Gasteiger partial charge < -0.3 is 10.2 Å². The maximum atomic E-state index is 4.55. The maximum Gasteiger partial charge on any atom is 0.128 e. The van der Waals surface area contributed by atoms with E-state index in [1.54, 1.807) is 13.1 Å². The zero-order chi connectivity index (χ0) is 6.24. The highest BCUT2D eigenvalue weighted by molar-refractivity contribution is 5.52. The van der Waals surface area contributed by atoms with Crippen molar-refractivity contribution in [1.82, 2.24) is 5.32 Å². The average molecular weight is 114 g/mol. The molecule has 0 unspecified atom stereocenters. The average Bonchev–Trinajstić information content (AvgIpc) is 1.81. The fourth-order valence-corrected chi connectivity index (χ4v) is 0.179. The first-order chi connectivity index (χ1) is 3.91. The van der Waals surface area contributed by atoms with Crippen LogP contribution in [-0.4, -0.2) is 13.4 Å². The van der Waals surface area contributed by atoms with Crippen molar-refractivity contribution in [2.75, 3.05) is 7.05 Å². The summed E-state index contributed by atoms with van der Waals surface area (Å²) in [4.78, 5) is 4.55. The van der Waals surface area contributed by atoms with Gasteiger partial charge in [0, 0.05) is 7.05 Å². The lowest BCUT2D eigenvalue weighted by molar-refractivity contribution is 0.268. The largest absolute Gasteiger partial charge is 0.376 e. The molecule has 0 fully saturated rings. The van der Waals surface area contributed by atoms with Crippen molar-refractivity contribution >= 4 is 6.34 Å². The van der Waals surface area contributed by atoms with Crippen LogP contribution in [-0.2, 0) is 4.84 Å². The number of hydrogen-bond donors (Lipinski definition) is 1. The molecule has 0 aromatic carbocycles. The quantitative estimate of drug-likeness (QED) is 0.253. The first-order valence-corrected chi connectivity index (χ1v) is 2.38. The zero-order valence-electron chi connectivity index (χ0n) is 5.09.